The highest BCUT2D eigenvalue weighted by Gasteiger charge is 2.22. The lowest BCUT2D eigenvalue weighted by molar-refractivity contribution is 0.185. The second-order valence-electron chi connectivity index (χ2n) is 3.80. The molecule has 0 radical (unpaired) electrons. The molecule has 0 fully saturated rings. The van der Waals surface area contributed by atoms with Crippen molar-refractivity contribution in [2.24, 2.45) is 0 Å². The van der Waals surface area contributed by atoms with Crippen molar-refractivity contribution in [1.82, 2.24) is 0 Å². The molecule has 1 aliphatic rings. The Bertz CT molecular complexity index is 519. The van der Waals surface area contributed by atoms with Crippen molar-refractivity contribution >= 4 is 16.5 Å². The van der Waals surface area contributed by atoms with Crippen molar-refractivity contribution in [3.8, 4) is 0 Å². The molecule has 1 atom stereocenters. The van der Waals surface area contributed by atoms with Crippen molar-refractivity contribution in [3.63, 3.8) is 0 Å². The van der Waals surface area contributed by atoms with Gasteiger partial charge in [-0.1, -0.05) is 24.3 Å². The monoisotopic (exact) mass is 185 g/mol. The highest BCUT2D eigenvalue weighted by Crippen LogP contribution is 2.38. The number of nitrogens with two attached hydrogens (primary N) is 1. The van der Waals surface area contributed by atoms with Gasteiger partial charge in [0.15, 0.2) is 0 Å². The molecular formula is C12H11NO. The zero-order valence-electron chi connectivity index (χ0n) is 7.70. The normalized spacial score (nSPS) is 19.1. The van der Waals surface area contributed by atoms with Crippen LogP contribution in [0.25, 0.3) is 10.8 Å². The zero-order chi connectivity index (χ0) is 9.71. The second kappa shape index (κ2) is 2.49. The summed E-state index contributed by atoms with van der Waals surface area (Å²) >= 11 is 0. The zero-order valence-corrected chi connectivity index (χ0v) is 7.70. The lowest BCUT2D eigenvalue weighted by Crippen LogP contribution is -1.93. The van der Waals surface area contributed by atoms with E-state index in [1.165, 1.54) is 5.56 Å². The first kappa shape index (κ1) is 7.83. The smallest absolute Gasteiger partial charge is 0.0836 e. The van der Waals surface area contributed by atoms with E-state index in [0.717, 1.165) is 28.4 Å². The summed E-state index contributed by atoms with van der Waals surface area (Å²) in [5, 5.41) is 12.0. The van der Waals surface area contributed by atoms with Crippen molar-refractivity contribution in [3.05, 3.63) is 41.5 Å². The summed E-state index contributed by atoms with van der Waals surface area (Å²) in [6.07, 6.45) is 0.367. The molecule has 2 heteroatoms. The van der Waals surface area contributed by atoms with Crippen LogP contribution in [0, 0.1) is 0 Å². The van der Waals surface area contributed by atoms with E-state index >= 15 is 0 Å². The summed E-state index contributed by atoms with van der Waals surface area (Å²) in [5.41, 5.74) is 8.90. The van der Waals surface area contributed by atoms with Crippen molar-refractivity contribution in [2.45, 2.75) is 12.5 Å². The number of nitrogen functional groups attached to an aromatic ring is 1. The van der Waals surface area contributed by atoms with Crippen LogP contribution in [0.3, 0.4) is 0 Å². The Kier molecular flexibility index (Phi) is 1.39. The molecular weight excluding hydrogens is 174 g/mol. The first-order valence-corrected chi connectivity index (χ1v) is 4.75. The maximum absolute atomic E-state index is 9.82. The molecule has 0 bridgehead atoms. The molecule has 2 aromatic rings. The standard InChI is InChI=1S/C12H11NO/c13-10-5-4-9-11(14)6-7-2-1-3-8(10)12(7)9/h1-5,11,14H,6,13H2. The third kappa shape index (κ3) is 0.836. The fraction of sp³-hybridized carbons (Fsp3) is 0.167. The first-order chi connectivity index (χ1) is 6.77. The molecule has 0 spiro atoms. The number of aliphatic hydroxyl groups is 1. The summed E-state index contributed by atoms with van der Waals surface area (Å²) in [7, 11) is 0. The van der Waals surface area contributed by atoms with Crippen LogP contribution in [0.2, 0.25) is 0 Å². The van der Waals surface area contributed by atoms with Gasteiger partial charge in [-0.25, -0.2) is 0 Å². The van der Waals surface area contributed by atoms with Gasteiger partial charge in [-0.2, -0.15) is 0 Å². The average Bonchev–Trinajstić information content (AvgIpc) is 2.50. The first-order valence-electron chi connectivity index (χ1n) is 4.75. The lowest BCUT2D eigenvalue weighted by Gasteiger charge is -2.05. The van der Waals surface area contributed by atoms with E-state index in [1.54, 1.807) is 0 Å². The van der Waals surface area contributed by atoms with E-state index in [1.807, 2.05) is 24.3 Å². The van der Waals surface area contributed by atoms with E-state index in [-0.39, 0.29) is 6.10 Å². The number of rotatable bonds is 0. The Morgan fingerprint density at radius 3 is 2.93 bits per heavy atom. The van der Waals surface area contributed by atoms with Crippen LogP contribution >= 0.6 is 0 Å². The average molecular weight is 185 g/mol. The van der Waals surface area contributed by atoms with Gasteiger partial charge in [0, 0.05) is 17.5 Å². The van der Waals surface area contributed by atoms with Crippen molar-refractivity contribution < 1.29 is 5.11 Å². The van der Waals surface area contributed by atoms with Gasteiger partial charge in [0.25, 0.3) is 0 Å². The largest absolute Gasteiger partial charge is 0.398 e. The van der Waals surface area contributed by atoms with Crippen LogP contribution < -0.4 is 5.73 Å². The van der Waals surface area contributed by atoms with Crippen LogP contribution in [-0.2, 0) is 6.42 Å². The number of aliphatic hydroxyl groups excluding tert-OH is 1. The topological polar surface area (TPSA) is 46.2 Å². The summed E-state index contributed by atoms with van der Waals surface area (Å²) in [5.74, 6) is 0. The van der Waals surface area contributed by atoms with Gasteiger partial charge in [-0.3, -0.25) is 0 Å². The van der Waals surface area contributed by atoms with Gasteiger partial charge >= 0.3 is 0 Å². The summed E-state index contributed by atoms with van der Waals surface area (Å²) < 4.78 is 0. The van der Waals surface area contributed by atoms with Crippen molar-refractivity contribution in [1.29, 1.82) is 0 Å². The van der Waals surface area contributed by atoms with Crippen LogP contribution in [-0.4, -0.2) is 5.11 Å². The molecule has 0 aromatic heterocycles. The third-order valence-corrected chi connectivity index (χ3v) is 2.97. The predicted molar refractivity (Wildman–Crippen MR) is 57.0 cm³/mol. The van der Waals surface area contributed by atoms with E-state index in [0.29, 0.717) is 0 Å². The number of benzene rings is 2. The molecule has 0 aliphatic heterocycles. The number of anilines is 1. The molecule has 0 saturated heterocycles. The van der Waals surface area contributed by atoms with Crippen LogP contribution in [0.1, 0.15) is 17.2 Å². The minimum atomic E-state index is -0.351. The molecule has 1 unspecified atom stereocenters. The highest BCUT2D eigenvalue weighted by atomic mass is 16.3. The fourth-order valence-corrected chi connectivity index (χ4v) is 2.30. The maximum atomic E-state index is 9.82. The quantitative estimate of drug-likeness (QED) is 0.617. The molecule has 0 saturated carbocycles. The van der Waals surface area contributed by atoms with Crippen LogP contribution in [0.15, 0.2) is 30.3 Å². The van der Waals surface area contributed by atoms with E-state index in [2.05, 4.69) is 6.07 Å². The summed E-state index contributed by atoms with van der Waals surface area (Å²) in [4.78, 5) is 0. The van der Waals surface area contributed by atoms with E-state index in [4.69, 9.17) is 5.73 Å². The van der Waals surface area contributed by atoms with Gasteiger partial charge in [0.2, 0.25) is 0 Å². The summed E-state index contributed by atoms with van der Waals surface area (Å²) in [6, 6.07) is 9.86. The third-order valence-electron chi connectivity index (χ3n) is 2.97. The molecule has 14 heavy (non-hydrogen) atoms. The molecule has 70 valence electrons. The SMILES string of the molecule is Nc1ccc2c3c(cccc13)CC2O. The van der Waals surface area contributed by atoms with Crippen LogP contribution in [0.5, 0.6) is 0 Å². The Labute approximate surface area is 82.0 Å². The van der Waals surface area contributed by atoms with E-state index in [9.17, 15) is 5.11 Å². The van der Waals surface area contributed by atoms with Gasteiger partial charge in [0.05, 0.1) is 6.10 Å². The van der Waals surface area contributed by atoms with Gasteiger partial charge < -0.3 is 10.8 Å². The highest BCUT2D eigenvalue weighted by molar-refractivity contribution is 5.98. The van der Waals surface area contributed by atoms with E-state index < -0.39 is 0 Å². The van der Waals surface area contributed by atoms with Gasteiger partial charge in [-0.15, -0.1) is 0 Å². The Morgan fingerprint density at radius 2 is 2.07 bits per heavy atom. The molecule has 0 amide bonds. The maximum Gasteiger partial charge on any atom is 0.0836 e. The molecule has 0 heterocycles. The Balaban J connectivity index is 2.52. The van der Waals surface area contributed by atoms with Gasteiger partial charge in [0.1, 0.15) is 0 Å². The van der Waals surface area contributed by atoms with Crippen LogP contribution in [0.4, 0.5) is 5.69 Å². The molecule has 3 N–H and O–H groups in total. The number of hydrogen-bond acceptors (Lipinski definition) is 2. The molecule has 2 aromatic carbocycles. The Hall–Kier alpha value is -1.54. The number of hydrogen-bond donors (Lipinski definition) is 2. The van der Waals surface area contributed by atoms with Crippen molar-refractivity contribution in [2.75, 3.05) is 5.73 Å². The van der Waals surface area contributed by atoms with Gasteiger partial charge in [-0.05, 0) is 22.6 Å². The molecule has 1 aliphatic carbocycles. The fourth-order valence-electron chi connectivity index (χ4n) is 2.30. The second-order valence-corrected chi connectivity index (χ2v) is 3.80. The molecule has 2 nitrogen and oxygen atoms in total. The lowest BCUT2D eigenvalue weighted by atomic mass is 10.0. The predicted octanol–water partition coefficient (Wildman–Crippen LogP) is 2.01. The minimum absolute atomic E-state index is 0.351. The Morgan fingerprint density at radius 1 is 1.21 bits per heavy atom. The molecule has 3 rings (SSSR count). The summed E-state index contributed by atoms with van der Waals surface area (Å²) in [6.45, 7) is 0. The minimum Gasteiger partial charge on any atom is -0.398 e.